The van der Waals surface area contributed by atoms with Crippen molar-refractivity contribution in [3.63, 3.8) is 0 Å². The van der Waals surface area contributed by atoms with Crippen LogP contribution in [0.15, 0.2) is 12.1 Å². The smallest absolute Gasteiger partial charge is 0.227 e. The second kappa shape index (κ2) is 9.90. The van der Waals surface area contributed by atoms with Gasteiger partial charge in [-0.1, -0.05) is 30.9 Å². The first-order chi connectivity index (χ1) is 12.5. The Kier molecular flexibility index (Phi) is 7.87. The maximum absolute atomic E-state index is 12.6. The van der Waals surface area contributed by atoms with Crippen LogP contribution < -0.4 is 10.1 Å². The molecule has 1 saturated carbocycles. The van der Waals surface area contributed by atoms with Crippen LogP contribution in [0.2, 0.25) is 5.02 Å². The first-order valence-corrected chi connectivity index (χ1v) is 9.18. The Hall–Kier alpha value is -1.63. The Morgan fingerprint density at radius 3 is 2.42 bits per heavy atom. The largest absolute Gasteiger partial charge is 0.487 e. The van der Waals surface area contributed by atoms with Gasteiger partial charge >= 0.3 is 0 Å². The van der Waals surface area contributed by atoms with E-state index in [4.69, 9.17) is 25.8 Å². The normalized spacial score (nSPS) is 15.1. The summed E-state index contributed by atoms with van der Waals surface area (Å²) in [4.78, 5) is 24.6. The molecule has 1 aromatic carbocycles. The highest BCUT2D eigenvalue weighted by molar-refractivity contribution is 6.36. The number of methoxy groups -OCH3 is 2. The lowest BCUT2D eigenvalue weighted by molar-refractivity contribution is -0.122. The fraction of sp³-hybridized carbons (Fsp3) is 0.579. The van der Waals surface area contributed by atoms with Crippen molar-refractivity contribution < 1.29 is 23.8 Å². The number of benzene rings is 1. The van der Waals surface area contributed by atoms with Crippen LogP contribution in [0.25, 0.3) is 0 Å². The summed E-state index contributed by atoms with van der Waals surface area (Å²) in [5.41, 5.74) is 0.667. The minimum atomic E-state index is -0.543. The van der Waals surface area contributed by atoms with Gasteiger partial charge in [0.2, 0.25) is 5.91 Å². The maximum Gasteiger partial charge on any atom is 0.227 e. The molecule has 1 N–H and O–H groups in total. The van der Waals surface area contributed by atoms with Crippen molar-refractivity contribution in [2.45, 2.75) is 45.3 Å². The predicted molar refractivity (Wildman–Crippen MR) is 100.0 cm³/mol. The van der Waals surface area contributed by atoms with Crippen LogP contribution in [0, 0.1) is 5.92 Å². The fourth-order valence-corrected chi connectivity index (χ4v) is 3.33. The van der Waals surface area contributed by atoms with Crippen molar-refractivity contribution in [1.82, 2.24) is 0 Å². The summed E-state index contributed by atoms with van der Waals surface area (Å²) in [5, 5.41) is 3.05. The molecule has 0 atom stereocenters. The summed E-state index contributed by atoms with van der Waals surface area (Å²) in [6.07, 6.45) is 4.43. The highest BCUT2D eigenvalue weighted by Crippen LogP contribution is 2.36. The van der Waals surface area contributed by atoms with Crippen molar-refractivity contribution in [3.8, 4) is 5.75 Å². The monoisotopic (exact) mass is 383 g/mol. The fourth-order valence-electron chi connectivity index (χ4n) is 3.06. The van der Waals surface area contributed by atoms with Gasteiger partial charge in [-0.3, -0.25) is 9.59 Å². The lowest BCUT2D eigenvalue weighted by Crippen LogP contribution is -2.26. The summed E-state index contributed by atoms with van der Waals surface area (Å²) in [6, 6.07) is 3.21. The van der Waals surface area contributed by atoms with Crippen LogP contribution in [0.1, 0.15) is 49.4 Å². The number of nitrogens with one attached hydrogen (secondary N) is 1. The number of carbonyl (C=O) groups excluding carboxylic acids is 2. The molecule has 144 valence electrons. The molecule has 0 aromatic heterocycles. The first kappa shape index (κ1) is 20.7. The second-order valence-corrected chi connectivity index (χ2v) is 6.77. The Bertz CT molecular complexity index is 639. The van der Waals surface area contributed by atoms with Crippen molar-refractivity contribution in [2.24, 2.45) is 5.92 Å². The quantitative estimate of drug-likeness (QED) is 0.541. The van der Waals surface area contributed by atoms with E-state index < -0.39 is 6.29 Å². The molecule has 0 aliphatic heterocycles. The maximum atomic E-state index is 12.6. The van der Waals surface area contributed by atoms with E-state index in [1.807, 2.05) is 0 Å². The lowest BCUT2D eigenvalue weighted by Gasteiger charge is -2.22. The average Bonchev–Trinajstić information content (AvgIpc) is 2.65. The molecule has 1 aliphatic rings. The Labute approximate surface area is 159 Å². The molecule has 26 heavy (non-hydrogen) atoms. The number of hydrogen-bond donors (Lipinski definition) is 1. The molecule has 0 unspecified atom stereocenters. The lowest BCUT2D eigenvalue weighted by atomic mass is 9.88. The van der Waals surface area contributed by atoms with E-state index in [9.17, 15) is 9.59 Å². The number of amides is 1. The molecule has 1 aromatic rings. The Morgan fingerprint density at radius 1 is 1.19 bits per heavy atom. The van der Waals surface area contributed by atoms with Crippen LogP contribution in [0.4, 0.5) is 5.69 Å². The standard InChI is InChI=1S/C19H26ClNO5/c1-12(22)14-9-10-15(26-11-16(24-2)25-3)17(20)18(14)21-19(23)13-7-5-4-6-8-13/h9-10,13,16H,4-8,11H2,1-3H3,(H,21,23). The van der Waals surface area contributed by atoms with Crippen molar-refractivity contribution in [3.05, 3.63) is 22.7 Å². The molecule has 0 bridgehead atoms. The van der Waals surface area contributed by atoms with Gasteiger partial charge in [-0.25, -0.2) is 0 Å². The van der Waals surface area contributed by atoms with E-state index in [0.717, 1.165) is 32.1 Å². The molecular weight excluding hydrogens is 358 g/mol. The number of carbonyl (C=O) groups is 2. The average molecular weight is 384 g/mol. The first-order valence-electron chi connectivity index (χ1n) is 8.80. The van der Waals surface area contributed by atoms with Gasteiger partial charge in [0.1, 0.15) is 17.4 Å². The predicted octanol–water partition coefficient (Wildman–Crippen LogP) is 4.06. The second-order valence-electron chi connectivity index (χ2n) is 6.39. The van der Waals surface area contributed by atoms with Crippen LogP contribution >= 0.6 is 11.6 Å². The van der Waals surface area contributed by atoms with Crippen LogP contribution in [-0.2, 0) is 14.3 Å². The number of rotatable bonds is 8. The van der Waals surface area contributed by atoms with E-state index in [-0.39, 0.29) is 29.2 Å². The molecule has 0 heterocycles. The molecule has 6 nitrogen and oxygen atoms in total. The molecule has 1 fully saturated rings. The molecule has 1 aliphatic carbocycles. The van der Waals surface area contributed by atoms with Gasteiger partial charge in [-0.05, 0) is 31.9 Å². The number of ether oxygens (including phenoxy) is 3. The van der Waals surface area contributed by atoms with E-state index in [1.165, 1.54) is 21.1 Å². The van der Waals surface area contributed by atoms with E-state index in [1.54, 1.807) is 12.1 Å². The molecular formula is C19H26ClNO5. The summed E-state index contributed by atoms with van der Waals surface area (Å²) in [6.45, 7) is 1.57. The summed E-state index contributed by atoms with van der Waals surface area (Å²) < 4.78 is 15.8. The minimum Gasteiger partial charge on any atom is -0.487 e. The van der Waals surface area contributed by atoms with Gasteiger partial charge in [0, 0.05) is 25.7 Å². The van der Waals surface area contributed by atoms with Gasteiger partial charge < -0.3 is 19.5 Å². The molecule has 2 rings (SSSR count). The van der Waals surface area contributed by atoms with Crippen LogP contribution in [0.3, 0.4) is 0 Å². The van der Waals surface area contributed by atoms with Crippen molar-refractivity contribution >= 4 is 29.0 Å². The number of hydrogen-bond acceptors (Lipinski definition) is 5. The van der Waals surface area contributed by atoms with Gasteiger partial charge in [-0.15, -0.1) is 0 Å². The molecule has 7 heteroatoms. The number of anilines is 1. The zero-order valence-electron chi connectivity index (χ0n) is 15.5. The Balaban J connectivity index is 2.22. The van der Waals surface area contributed by atoms with Crippen molar-refractivity contribution in [2.75, 3.05) is 26.1 Å². The summed E-state index contributed by atoms with van der Waals surface area (Å²) in [7, 11) is 3.02. The Morgan fingerprint density at radius 2 is 1.85 bits per heavy atom. The van der Waals surface area contributed by atoms with Crippen molar-refractivity contribution in [1.29, 1.82) is 0 Å². The molecule has 1 amide bonds. The number of halogens is 1. The van der Waals surface area contributed by atoms with Gasteiger partial charge in [-0.2, -0.15) is 0 Å². The topological polar surface area (TPSA) is 73.9 Å². The van der Waals surface area contributed by atoms with Gasteiger partial charge in [0.15, 0.2) is 12.1 Å². The summed E-state index contributed by atoms with van der Waals surface area (Å²) in [5.74, 6) is 0.0345. The number of ketones is 1. The zero-order chi connectivity index (χ0) is 19.1. The van der Waals surface area contributed by atoms with Gasteiger partial charge in [0.25, 0.3) is 0 Å². The van der Waals surface area contributed by atoms with E-state index in [0.29, 0.717) is 17.0 Å². The highest BCUT2D eigenvalue weighted by Gasteiger charge is 2.24. The molecule has 0 saturated heterocycles. The highest BCUT2D eigenvalue weighted by atomic mass is 35.5. The third kappa shape index (κ3) is 5.19. The summed E-state index contributed by atoms with van der Waals surface area (Å²) >= 11 is 6.44. The minimum absolute atomic E-state index is 0.0458. The number of Topliss-reactive ketones (excluding diaryl/α,β-unsaturated/α-hetero) is 1. The molecule has 0 radical (unpaired) electrons. The molecule has 0 spiro atoms. The van der Waals surface area contributed by atoms with Gasteiger partial charge in [0.05, 0.1) is 5.69 Å². The van der Waals surface area contributed by atoms with E-state index in [2.05, 4.69) is 5.32 Å². The van der Waals surface area contributed by atoms with E-state index >= 15 is 0 Å². The van der Waals surface area contributed by atoms with Crippen LogP contribution in [0.5, 0.6) is 5.75 Å². The van der Waals surface area contributed by atoms with Crippen LogP contribution in [-0.4, -0.2) is 38.8 Å². The third-order valence-electron chi connectivity index (χ3n) is 4.61. The zero-order valence-corrected chi connectivity index (χ0v) is 16.2. The third-order valence-corrected chi connectivity index (χ3v) is 4.99. The SMILES string of the molecule is COC(COc1ccc(C(C)=O)c(NC(=O)C2CCCCC2)c1Cl)OC.